The molecule has 0 aromatic rings. The van der Waals surface area contributed by atoms with E-state index in [1.165, 1.54) is 0 Å². The molecule has 0 saturated carbocycles. The molecule has 0 unspecified atom stereocenters. The van der Waals surface area contributed by atoms with Gasteiger partial charge in [-0.1, -0.05) is 24.3 Å². The van der Waals surface area contributed by atoms with Crippen molar-refractivity contribution in [3.8, 4) is 0 Å². The van der Waals surface area contributed by atoms with Crippen LogP contribution in [0.3, 0.4) is 0 Å². The normalized spacial score (nSPS) is 14.7. The van der Waals surface area contributed by atoms with Gasteiger partial charge < -0.3 is 9.05 Å². The first-order valence-corrected chi connectivity index (χ1v) is 9.32. The molecule has 0 aromatic heterocycles. The SMILES string of the molecule is CC=CCCCC(=CC)O[PH](=O)OC(=CC)CCCC=CC. The molecule has 0 radical (unpaired) electrons. The average molecular weight is 326 g/mol. The molecule has 126 valence electrons. The third-order valence-corrected chi connectivity index (χ3v) is 3.99. The van der Waals surface area contributed by atoms with Gasteiger partial charge in [0.2, 0.25) is 0 Å². The first-order chi connectivity index (χ1) is 10.7. The maximum Gasteiger partial charge on any atom is 0.418 e. The number of allylic oxidation sites excluding steroid dienone is 8. The molecule has 0 aliphatic heterocycles. The molecule has 0 heterocycles. The molecule has 0 aliphatic rings. The fraction of sp³-hybridized carbons (Fsp3) is 0.556. The summed E-state index contributed by atoms with van der Waals surface area (Å²) < 4.78 is 22.9. The van der Waals surface area contributed by atoms with E-state index >= 15 is 0 Å². The monoisotopic (exact) mass is 326 g/mol. The van der Waals surface area contributed by atoms with E-state index in [0.29, 0.717) is 0 Å². The summed E-state index contributed by atoms with van der Waals surface area (Å²) >= 11 is 0. The molecule has 22 heavy (non-hydrogen) atoms. The Hall–Kier alpha value is -1.21. The van der Waals surface area contributed by atoms with E-state index < -0.39 is 8.25 Å². The highest BCUT2D eigenvalue weighted by Gasteiger charge is 2.07. The molecule has 0 fully saturated rings. The predicted octanol–water partition coefficient (Wildman–Crippen LogP) is 6.71. The van der Waals surface area contributed by atoms with Gasteiger partial charge in [0, 0.05) is 12.8 Å². The van der Waals surface area contributed by atoms with E-state index in [-0.39, 0.29) is 0 Å². The lowest BCUT2D eigenvalue weighted by atomic mass is 10.2. The van der Waals surface area contributed by atoms with Crippen LogP contribution < -0.4 is 0 Å². The molecular formula is C18H31O3P. The van der Waals surface area contributed by atoms with Crippen LogP contribution in [0.4, 0.5) is 0 Å². The third-order valence-electron chi connectivity index (χ3n) is 3.13. The van der Waals surface area contributed by atoms with Gasteiger partial charge in [-0.15, -0.1) is 0 Å². The van der Waals surface area contributed by atoms with Crippen molar-refractivity contribution in [3.63, 3.8) is 0 Å². The molecule has 4 heteroatoms. The number of unbranched alkanes of at least 4 members (excludes halogenated alkanes) is 2. The quantitative estimate of drug-likeness (QED) is 0.173. The van der Waals surface area contributed by atoms with Crippen molar-refractivity contribution in [2.24, 2.45) is 0 Å². The van der Waals surface area contributed by atoms with Gasteiger partial charge in [-0.2, -0.15) is 0 Å². The second-order valence-corrected chi connectivity index (χ2v) is 5.79. The summed E-state index contributed by atoms with van der Waals surface area (Å²) in [7, 11) is -2.52. The zero-order valence-corrected chi connectivity index (χ0v) is 15.4. The first kappa shape index (κ1) is 20.8. The van der Waals surface area contributed by atoms with Crippen LogP contribution in [0.1, 0.15) is 66.2 Å². The van der Waals surface area contributed by atoms with E-state index in [0.717, 1.165) is 50.0 Å². The van der Waals surface area contributed by atoms with Crippen LogP contribution >= 0.6 is 8.25 Å². The zero-order valence-electron chi connectivity index (χ0n) is 14.4. The standard InChI is InChI=1S/C18H31O3P/c1-5-9-11-13-15-17(7-3)20-22(19)21-18(8-4)16-14-12-10-6-2/h5-10,22H,11-16H2,1-4H3. The van der Waals surface area contributed by atoms with Crippen LogP contribution in [-0.4, -0.2) is 0 Å². The Morgan fingerprint density at radius 2 is 1.23 bits per heavy atom. The second kappa shape index (κ2) is 14.7. The molecule has 0 aromatic carbocycles. The third kappa shape index (κ3) is 11.4. The fourth-order valence-electron chi connectivity index (χ4n) is 1.87. The first-order valence-electron chi connectivity index (χ1n) is 8.10. The van der Waals surface area contributed by atoms with E-state index in [1.54, 1.807) is 0 Å². The molecule has 0 saturated heterocycles. The maximum atomic E-state index is 12.0. The molecule has 0 bridgehead atoms. The Kier molecular flexibility index (Phi) is 13.9. The lowest BCUT2D eigenvalue weighted by Crippen LogP contribution is -1.90. The van der Waals surface area contributed by atoms with E-state index in [2.05, 4.69) is 12.2 Å². The summed E-state index contributed by atoms with van der Waals surface area (Å²) in [5.41, 5.74) is 0. The van der Waals surface area contributed by atoms with Crippen LogP contribution in [0, 0.1) is 0 Å². The highest BCUT2D eigenvalue weighted by atomic mass is 31.1. The van der Waals surface area contributed by atoms with Crippen molar-refractivity contribution in [1.82, 2.24) is 0 Å². The number of rotatable bonds is 12. The van der Waals surface area contributed by atoms with Gasteiger partial charge >= 0.3 is 8.25 Å². The molecule has 0 rings (SSSR count). The van der Waals surface area contributed by atoms with Crippen molar-refractivity contribution in [3.05, 3.63) is 48.0 Å². The minimum atomic E-state index is -2.52. The Bertz CT molecular complexity index is 382. The lowest BCUT2D eigenvalue weighted by molar-refractivity contribution is 0.298. The largest absolute Gasteiger partial charge is 0.423 e. The molecule has 0 amide bonds. The highest BCUT2D eigenvalue weighted by molar-refractivity contribution is 7.33. The summed E-state index contributed by atoms with van der Waals surface area (Å²) in [4.78, 5) is 0. The van der Waals surface area contributed by atoms with Crippen molar-refractivity contribution < 1.29 is 13.6 Å². The van der Waals surface area contributed by atoms with Crippen molar-refractivity contribution in [2.45, 2.75) is 66.2 Å². The van der Waals surface area contributed by atoms with Crippen molar-refractivity contribution in [1.29, 1.82) is 0 Å². The molecule has 3 nitrogen and oxygen atoms in total. The van der Waals surface area contributed by atoms with Gasteiger partial charge in [0.15, 0.2) is 0 Å². The molecule has 0 atom stereocenters. The van der Waals surface area contributed by atoms with Gasteiger partial charge in [-0.25, -0.2) is 4.57 Å². The molecular weight excluding hydrogens is 295 g/mol. The minimum absolute atomic E-state index is 0.748. The fourth-order valence-corrected chi connectivity index (χ4v) is 2.77. The van der Waals surface area contributed by atoms with Gasteiger partial charge in [0.25, 0.3) is 0 Å². The van der Waals surface area contributed by atoms with Crippen molar-refractivity contribution >= 4 is 8.25 Å². The van der Waals surface area contributed by atoms with E-state index in [9.17, 15) is 4.57 Å². The van der Waals surface area contributed by atoms with Crippen LogP contribution in [-0.2, 0) is 13.6 Å². The average Bonchev–Trinajstić information content (AvgIpc) is 2.53. The Morgan fingerprint density at radius 1 is 0.818 bits per heavy atom. The summed E-state index contributed by atoms with van der Waals surface area (Å²) in [6.45, 7) is 7.81. The van der Waals surface area contributed by atoms with Gasteiger partial charge in [-0.3, -0.25) is 0 Å². The van der Waals surface area contributed by atoms with E-state index in [4.69, 9.17) is 9.05 Å². The zero-order chi connectivity index (χ0) is 16.6. The van der Waals surface area contributed by atoms with Crippen molar-refractivity contribution in [2.75, 3.05) is 0 Å². The van der Waals surface area contributed by atoms with Crippen LogP contribution in [0.2, 0.25) is 0 Å². The Morgan fingerprint density at radius 3 is 1.55 bits per heavy atom. The second-order valence-electron chi connectivity index (χ2n) is 4.89. The summed E-state index contributed by atoms with van der Waals surface area (Å²) in [5.74, 6) is 1.50. The summed E-state index contributed by atoms with van der Waals surface area (Å²) in [6.07, 6.45) is 17.6. The summed E-state index contributed by atoms with van der Waals surface area (Å²) in [6, 6.07) is 0. The summed E-state index contributed by atoms with van der Waals surface area (Å²) in [5, 5.41) is 0. The van der Waals surface area contributed by atoms with Gasteiger partial charge in [-0.05, 0) is 65.5 Å². The highest BCUT2D eigenvalue weighted by Crippen LogP contribution is 2.34. The minimum Gasteiger partial charge on any atom is -0.423 e. The molecule has 0 spiro atoms. The molecule has 0 aliphatic carbocycles. The van der Waals surface area contributed by atoms with Gasteiger partial charge in [0.05, 0.1) is 0 Å². The lowest BCUT2D eigenvalue weighted by Gasteiger charge is -2.12. The maximum absolute atomic E-state index is 12.0. The van der Waals surface area contributed by atoms with Crippen LogP contribution in [0.5, 0.6) is 0 Å². The van der Waals surface area contributed by atoms with Crippen LogP contribution in [0.25, 0.3) is 0 Å². The molecule has 0 N–H and O–H groups in total. The Balaban J connectivity index is 4.16. The Labute approximate surface area is 136 Å². The predicted molar refractivity (Wildman–Crippen MR) is 96.0 cm³/mol. The topological polar surface area (TPSA) is 35.5 Å². The van der Waals surface area contributed by atoms with E-state index in [1.807, 2.05) is 52.0 Å². The smallest absolute Gasteiger partial charge is 0.418 e. The van der Waals surface area contributed by atoms with Crippen LogP contribution in [0.15, 0.2) is 48.0 Å². The number of hydrogen-bond acceptors (Lipinski definition) is 3. The number of hydrogen-bond donors (Lipinski definition) is 0. The van der Waals surface area contributed by atoms with Gasteiger partial charge in [0.1, 0.15) is 11.5 Å².